The topological polar surface area (TPSA) is 63.6 Å². The molecule has 0 aliphatic rings. The van der Waals surface area contributed by atoms with Gasteiger partial charge < -0.3 is 4.74 Å². The van der Waals surface area contributed by atoms with Crippen LogP contribution in [0.15, 0.2) is 71.6 Å². The first-order valence-electron chi connectivity index (χ1n) is 6.70. The summed E-state index contributed by atoms with van der Waals surface area (Å²) in [6.07, 6.45) is 0. The Hall–Kier alpha value is -2.37. The lowest BCUT2D eigenvalue weighted by atomic mass is 10.1. The fourth-order valence-electron chi connectivity index (χ4n) is 2.19. The lowest BCUT2D eigenvalue weighted by Gasteiger charge is -2.08. The van der Waals surface area contributed by atoms with Gasteiger partial charge in [-0.15, -0.1) is 0 Å². The van der Waals surface area contributed by atoms with E-state index in [9.17, 15) is 8.42 Å². The van der Waals surface area contributed by atoms with Gasteiger partial charge in [-0.2, -0.15) is 8.42 Å². The Morgan fingerprint density at radius 1 is 0.864 bits per heavy atom. The standard InChI is InChI=1S/C17H14O4S/c18-22(19,20)17-9-7-14-6-8-16(10-15(14)11-17)21-12-13-4-2-1-3-5-13/h1-11H,12H2,(H,18,19,20). The number of hydrogen-bond acceptors (Lipinski definition) is 3. The predicted molar refractivity (Wildman–Crippen MR) is 84.5 cm³/mol. The minimum atomic E-state index is -4.20. The summed E-state index contributed by atoms with van der Waals surface area (Å²) in [4.78, 5) is -0.125. The van der Waals surface area contributed by atoms with Crippen LogP contribution in [-0.2, 0) is 16.7 Å². The second kappa shape index (κ2) is 5.79. The van der Waals surface area contributed by atoms with Crippen molar-refractivity contribution in [2.24, 2.45) is 0 Å². The van der Waals surface area contributed by atoms with E-state index in [2.05, 4.69) is 0 Å². The molecule has 3 aromatic rings. The van der Waals surface area contributed by atoms with Crippen molar-refractivity contribution < 1.29 is 17.7 Å². The highest BCUT2D eigenvalue weighted by atomic mass is 32.2. The summed E-state index contributed by atoms with van der Waals surface area (Å²) in [5.74, 6) is 0.642. The molecule has 0 saturated heterocycles. The highest BCUT2D eigenvalue weighted by molar-refractivity contribution is 7.85. The van der Waals surface area contributed by atoms with Gasteiger partial charge in [0, 0.05) is 0 Å². The van der Waals surface area contributed by atoms with Crippen molar-refractivity contribution >= 4 is 20.9 Å². The van der Waals surface area contributed by atoms with Crippen molar-refractivity contribution in [3.05, 3.63) is 72.3 Å². The Kier molecular flexibility index (Phi) is 3.83. The van der Waals surface area contributed by atoms with E-state index < -0.39 is 10.1 Å². The lowest BCUT2D eigenvalue weighted by Crippen LogP contribution is -1.98. The summed E-state index contributed by atoms with van der Waals surface area (Å²) in [6, 6.07) is 19.7. The van der Waals surface area contributed by atoms with Crippen LogP contribution >= 0.6 is 0 Å². The summed E-state index contributed by atoms with van der Waals surface area (Å²) in [5.41, 5.74) is 1.05. The van der Waals surface area contributed by atoms with Gasteiger partial charge in [0.2, 0.25) is 0 Å². The molecule has 0 heterocycles. The van der Waals surface area contributed by atoms with Gasteiger partial charge in [0.25, 0.3) is 10.1 Å². The fraction of sp³-hybridized carbons (Fsp3) is 0.0588. The summed E-state index contributed by atoms with van der Waals surface area (Å²) < 4.78 is 37.2. The predicted octanol–water partition coefficient (Wildman–Crippen LogP) is 3.67. The van der Waals surface area contributed by atoms with Crippen LogP contribution in [0.3, 0.4) is 0 Å². The van der Waals surface area contributed by atoms with E-state index in [-0.39, 0.29) is 4.90 Å². The van der Waals surface area contributed by atoms with Gasteiger partial charge in [0.1, 0.15) is 12.4 Å². The maximum absolute atomic E-state index is 11.2. The van der Waals surface area contributed by atoms with E-state index in [0.717, 1.165) is 10.9 Å². The van der Waals surface area contributed by atoms with E-state index in [1.54, 1.807) is 12.1 Å². The Balaban J connectivity index is 1.88. The summed E-state index contributed by atoms with van der Waals surface area (Å²) in [6.45, 7) is 0.435. The zero-order valence-electron chi connectivity index (χ0n) is 11.6. The zero-order chi connectivity index (χ0) is 15.6. The van der Waals surface area contributed by atoms with E-state index in [1.165, 1.54) is 12.1 Å². The van der Waals surface area contributed by atoms with E-state index >= 15 is 0 Å². The quantitative estimate of drug-likeness (QED) is 0.746. The Labute approximate surface area is 128 Å². The highest BCUT2D eigenvalue weighted by Crippen LogP contribution is 2.24. The second-order valence-electron chi connectivity index (χ2n) is 4.92. The summed E-state index contributed by atoms with van der Waals surface area (Å²) in [5, 5.41) is 1.57. The Morgan fingerprint density at radius 2 is 1.59 bits per heavy atom. The van der Waals surface area contributed by atoms with Crippen LogP contribution in [0.1, 0.15) is 5.56 Å². The molecule has 0 aliphatic heterocycles. The minimum absolute atomic E-state index is 0.125. The molecule has 0 aliphatic carbocycles. The van der Waals surface area contributed by atoms with Gasteiger partial charge in [-0.25, -0.2) is 0 Å². The molecule has 1 N–H and O–H groups in total. The summed E-state index contributed by atoms with van der Waals surface area (Å²) in [7, 11) is -4.20. The SMILES string of the molecule is O=S(=O)(O)c1ccc2ccc(OCc3ccccc3)cc2c1. The second-order valence-corrected chi connectivity index (χ2v) is 6.34. The molecule has 0 amide bonds. The number of rotatable bonds is 4. The number of hydrogen-bond donors (Lipinski definition) is 1. The van der Waals surface area contributed by atoms with Crippen LogP contribution in [-0.4, -0.2) is 13.0 Å². The lowest BCUT2D eigenvalue weighted by molar-refractivity contribution is 0.306. The van der Waals surface area contributed by atoms with E-state index in [4.69, 9.17) is 9.29 Å². The molecule has 0 spiro atoms. The zero-order valence-corrected chi connectivity index (χ0v) is 12.5. The molecule has 3 rings (SSSR count). The van der Waals surface area contributed by atoms with Gasteiger partial charge in [-0.05, 0) is 40.6 Å². The van der Waals surface area contributed by atoms with Crippen LogP contribution in [0, 0.1) is 0 Å². The van der Waals surface area contributed by atoms with Gasteiger partial charge >= 0.3 is 0 Å². The van der Waals surface area contributed by atoms with Crippen LogP contribution in [0.5, 0.6) is 5.75 Å². The molecule has 3 aromatic carbocycles. The summed E-state index contributed by atoms with van der Waals surface area (Å²) >= 11 is 0. The van der Waals surface area contributed by atoms with Crippen LogP contribution in [0.25, 0.3) is 10.8 Å². The first kappa shape index (κ1) is 14.6. The smallest absolute Gasteiger partial charge is 0.294 e. The van der Waals surface area contributed by atoms with Gasteiger partial charge in [0.05, 0.1) is 4.90 Å². The minimum Gasteiger partial charge on any atom is -0.489 e. The van der Waals surface area contributed by atoms with E-state index in [0.29, 0.717) is 17.7 Å². The fourth-order valence-corrected chi connectivity index (χ4v) is 2.71. The average Bonchev–Trinajstić information content (AvgIpc) is 2.52. The first-order valence-corrected chi connectivity index (χ1v) is 8.14. The molecule has 22 heavy (non-hydrogen) atoms. The number of benzene rings is 3. The van der Waals surface area contributed by atoms with Crippen molar-refractivity contribution in [2.45, 2.75) is 11.5 Å². The molecule has 0 saturated carbocycles. The molecule has 112 valence electrons. The van der Waals surface area contributed by atoms with Crippen molar-refractivity contribution in [1.82, 2.24) is 0 Å². The molecule has 0 atom stereocenters. The normalized spacial score (nSPS) is 11.5. The Bertz CT molecular complexity index is 902. The molecule has 0 unspecified atom stereocenters. The van der Waals surface area contributed by atoms with Gasteiger partial charge in [-0.1, -0.05) is 42.5 Å². The Morgan fingerprint density at radius 3 is 2.32 bits per heavy atom. The van der Waals surface area contributed by atoms with Crippen LogP contribution < -0.4 is 4.74 Å². The van der Waals surface area contributed by atoms with Crippen molar-refractivity contribution in [2.75, 3.05) is 0 Å². The molecule has 5 heteroatoms. The van der Waals surface area contributed by atoms with Gasteiger partial charge in [-0.3, -0.25) is 4.55 Å². The monoisotopic (exact) mass is 314 g/mol. The molecule has 0 bridgehead atoms. The molecular formula is C17H14O4S. The van der Waals surface area contributed by atoms with Gasteiger partial charge in [0.15, 0.2) is 0 Å². The van der Waals surface area contributed by atoms with Crippen LogP contribution in [0.4, 0.5) is 0 Å². The first-order chi connectivity index (χ1) is 10.5. The third-order valence-corrected chi connectivity index (χ3v) is 4.18. The largest absolute Gasteiger partial charge is 0.489 e. The van der Waals surface area contributed by atoms with Crippen molar-refractivity contribution in [1.29, 1.82) is 0 Å². The van der Waals surface area contributed by atoms with Crippen molar-refractivity contribution in [3.8, 4) is 5.75 Å². The maximum atomic E-state index is 11.2. The van der Waals surface area contributed by atoms with Crippen molar-refractivity contribution in [3.63, 3.8) is 0 Å². The molecule has 0 aromatic heterocycles. The third-order valence-electron chi connectivity index (χ3n) is 3.33. The third kappa shape index (κ3) is 3.27. The van der Waals surface area contributed by atoms with Crippen LogP contribution in [0.2, 0.25) is 0 Å². The molecule has 0 fully saturated rings. The maximum Gasteiger partial charge on any atom is 0.294 e. The van der Waals surface area contributed by atoms with E-state index in [1.807, 2.05) is 42.5 Å². The number of fused-ring (bicyclic) bond motifs is 1. The molecule has 0 radical (unpaired) electrons. The number of ether oxygens (including phenoxy) is 1. The molecule has 4 nitrogen and oxygen atoms in total. The average molecular weight is 314 g/mol. The molecular weight excluding hydrogens is 300 g/mol. The highest BCUT2D eigenvalue weighted by Gasteiger charge is 2.10.